The first-order valence-electron chi connectivity index (χ1n) is 14.5. The molecule has 0 aliphatic carbocycles. The van der Waals surface area contributed by atoms with Crippen molar-refractivity contribution in [3.63, 3.8) is 0 Å². The second-order valence-electron chi connectivity index (χ2n) is 10.0. The Morgan fingerprint density at radius 2 is 1.09 bits per heavy atom. The molecule has 3 N–H and O–H groups in total. The summed E-state index contributed by atoms with van der Waals surface area (Å²) >= 11 is 0. The van der Waals surface area contributed by atoms with E-state index in [1.807, 2.05) is 6.92 Å². The molecule has 0 saturated heterocycles. The zero-order valence-corrected chi connectivity index (χ0v) is 24.5. The summed E-state index contributed by atoms with van der Waals surface area (Å²) < 4.78 is 32.8. The Bertz CT molecular complexity index is 568. The molecule has 0 aliphatic rings. The molecular weight excluding hydrogens is 462 g/mol. The predicted octanol–water partition coefficient (Wildman–Crippen LogP) is 7.84. The zero-order chi connectivity index (χ0) is 27.0. The second kappa shape index (κ2) is 25.0. The van der Waals surface area contributed by atoms with E-state index in [0.29, 0.717) is 0 Å². The third-order valence-corrected chi connectivity index (χ3v) is 7.42. The van der Waals surface area contributed by atoms with E-state index < -0.39 is 16.2 Å². The Labute approximate surface area is 218 Å². The minimum atomic E-state index is -3.66. The van der Waals surface area contributed by atoms with Gasteiger partial charge in [-0.3, -0.25) is 9.35 Å². The summed E-state index contributed by atoms with van der Waals surface area (Å²) in [6.07, 6.45) is 22.6. The molecule has 0 aromatic rings. The van der Waals surface area contributed by atoms with Gasteiger partial charge in [0, 0.05) is 0 Å². The summed E-state index contributed by atoms with van der Waals surface area (Å²) in [5.41, 5.74) is 6.10. The van der Waals surface area contributed by atoms with Gasteiger partial charge < -0.3 is 10.5 Å². The summed E-state index contributed by atoms with van der Waals surface area (Å²) in [5.74, 6) is -0.205. The number of hydrogen-bond donors (Lipinski definition) is 2. The predicted molar refractivity (Wildman–Crippen MR) is 149 cm³/mol. The third-order valence-electron chi connectivity index (χ3n) is 6.69. The van der Waals surface area contributed by atoms with E-state index >= 15 is 0 Å². The second-order valence-corrected chi connectivity index (χ2v) is 11.8. The Hall–Kier alpha value is -0.660. The van der Waals surface area contributed by atoms with Gasteiger partial charge >= 0.3 is 5.97 Å². The lowest BCUT2D eigenvalue weighted by atomic mass is 9.99. The number of esters is 1. The molecule has 0 bridgehead atoms. The van der Waals surface area contributed by atoms with Crippen LogP contribution in [-0.4, -0.2) is 36.8 Å². The van der Waals surface area contributed by atoms with E-state index in [4.69, 9.17) is 15.0 Å². The Morgan fingerprint density at radius 1 is 0.743 bits per heavy atom. The molecule has 0 aromatic carbocycles. The highest BCUT2D eigenvalue weighted by Gasteiger charge is 2.24. The molecule has 0 aliphatic heterocycles. The summed E-state index contributed by atoms with van der Waals surface area (Å²) in [6, 6.07) is -0.477. The number of carbonyl (C=O) groups is 1. The first kappa shape index (κ1) is 36.5. The molecule has 7 heteroatoms. The van der Waals surface area contributed by atoms with Crippen LogP contribution in [0.25, 0.3) is 0 Å². The quantitative estimate of drug-likeness (QED) is 0.0853. The molecule has 0 rings (SSSR count). The van der Waals surface area contributed by atoms with Crippen molar-refractivity contribution in [3.05, 3.63) is 0 Å². The van der Waals surface area contributed by atoms with Crippen molar-refractivity contribution in [1.29, 1.82) is 0 Å². The SMILES string of the molecule is CCCCCCCCCCCC(CCCCCCCC)OC(=O)[C@@H](N)[C@@H](C)CC.CCS(=O)(=O)O. The number of carbonyl (C=O) groups excluding carboxylic acids is 1. The van der Waals surface area contributed by atoms with E-state index in [1.165, 1.54) is 96.8 Å². The standard InChI is InChI=1S/C26H53NO2.C2H6O3S/c1-5-8-10-12-14-15-16-18-20-22-24(21-19-17-13-11-9-6-2)29-26(28)25(27)23(4)7-3;1-2-6(3,4)5/h23-25H,5-22,27H2,1-4H3;2H2,1H3,(H,3,4,5)/t23-,24?,25-;/m0./s1. The first-order chi connectivity index (χ1) is 16.6. The molecule has 6 nitrogen and oxygen atoms in total. The van der Waals surface area contributed by atoms with Crippen molar-refractivity contribution in [3.8, 4) is 0 Å². The first-order valence-corrected chi connectivity index (χ1v) is 16.1. The summed E-state index contributed by atoms with van der Waals surface area (Å²) in [7, 11) is -3.66. The monoisotopic (exact) mass is 521 g/mol. The molecule has 0 saturated carbocycles. The molecule has 0 fully saturated rings. The van der Waals surface area contributed by atoms with E-state index in [1.54, 1.807) is 0 Å². The van der Waals surface area contributed by atoms with E-state index in [9.17, 15) is 13.2 Å². The molecular formula is C28H59NO5S. The Morgan fingerprint density at radius 3 is 1.40 bits per heavy atom. The molecule has 3 atom stereocenters. The van der Waals surface area contributed by atoms with Crippen LogP contribution in [0.4, 0.5) is 0 Å². The maximum Gasteiger partial charge on any atom is 0.323 e. The van der Waals surface area contributed by atoms with Gasteiger partial charge in [-0.1, -0.05) is 118 Å². The van der Waals surface area contributed by atoms with Crippen LogP contribution >= 0.6 is 0 Å². The minimum absolute atomic E-state index is 0.0633. The van der Waals surface area contributed by atoms with Gasteiger partial charge in [0.1, 0.15) is 12.1 Å². The highest BCUT2D eigenvalue weighted by Crippen LogP contribution is 2.19. The fourth-order valence-corrected chi connectivity index (χ4v) is 3.83. The molecule has 0 heterocycles. The summed E-state index contributed by atoms with van der Waals surface area (Å²) in [5, 5.41) is 0. The van der Waals surface area contributed by atoms with Crippen molar-refractivity contribution in [2.75, 3.05) is 5.75 Å². The fraction of sp³-hybridized carbons (Fsp3) is 0.964. The van der Waals surface area contributed by atoms with Crippen LogP contribution in [0.5, 0.6) is 0 Å². The molecule has 212 valence electrons. The smallest absolute Gasteiger partial charge is 0.323 e. The number of ether oxygens (including phenoxy) is 1. The van der Waals surface area contributed by atoms with Gasteiger partial charge in [-0.2, -0.15) is 8.42 Å². The Balaban J connectivity index is 0. The van der Waals surface area contributed by atoms with Crippen molar-refractivity contribution in [2.24, 2.45) is 11.7 Å². The topological polar surface area (TPSA) is 107 Å². The van der Waals surface area contributed by atoms with Gasteiger partial charge in [0.2, 0.25) is 0 Å². The highest BCUT2D eigenvalue weighted by atomic mass is 32.2. The average Bonchev–Trinajstić information content (AvgIpc) is 2.83. The van der Waals surface area contributed by atoms with Gasteiger partial charge in [-0.25, -0.2) is 0 Å². The van der Waals surface area contributed by atoms with Gasteiger partial charge in [-0.15, -0.1) is 0 Å². The molecule has 0 amide bonds. The third kappa shape index (κ3) is 26.2. The maximum absolute atomic E-state index is 12.4. The highest BCUT2D eigenvalue weighted by molar-refractivity contribution is 7.85. The minimum Gasteiger partial charge on any atom is -0.461 e. The van der Waals surface area contributed by atoms with Crippen LogP contribution in [0.1, 0.15) is 150 Å². The number of nitrogens with two attached hydrogens (primary N) is 1. The van der Waals surface area contributed by atoms with E-state index in [-0.39, 0.29) is 23.7 Å². The molecule has 0 aromatic heterocycles. The lowest BCUT2D eigenvalue weighted by Gasteiger charge is -2.23. The number of hydrogen-bond acceptors (Lipinski definition) is 5. The lowest BCUT2D eigenvalue weighted by molar-refractivity contribution is -0.152. The van der Waals surface area contributed by atoms with Gasteiger partial charge in [0.05, 0.1) is 5.75 Å². The molecule has 0 spiro atoms. The Kier molecular flexibility index (Phi) is 26.1. The fourth-order valence-electron chi connectivity index (χ4n) is 3.83. The zero-order valence-electron chi connectivity index (χ0n) is 23.7. The van der Waals surface area contributed by atoms with E-state index in [0.717, 1.165) is 25.7 Å². The molecule has 0 radical (unpaired) electrons. The van der Waals surface area contributed by atoms with Gasteiger partial charge in [0.25, 0.3) is 10.1 Å². The van der Waals surface area contributed by atoms with Crippen LogP contribution in [0.3, 0.4) is 0 Å². The van der Waals surface area contributed by atoms with Crippen molar-refractivity contribution in [1.82, 2.24) is 0 Å². The van der Waals surface area contributed by atoms with Crippen LogP contribution in [-0.2, 0) is 19.6 Å². The summed E-state index contributed by atoms with van der Waals surface area (Å²) in [6.45, 7) is 10.0. The van der Waals surface area contributed by atoms with Crippen molar-refractivity contribution >= 4 is 16.1 Å². The summed E-state index contributed by atoms with van der Waals surface area (Å²) in [4.78, 5) is 12.4. The molecule has 1 unspecified atom stereocenters. The van der Waals surface area contributed by atoms with Crippen LogP contribution in [0, 0.1) is 5.92 Å². The number of rotatable bonds is 22. The maximum atomic E-state index is 12.4. The number of unbranched alkanes of at least 4 members (excludes halogenated alkanes) is 13. The van der Waals surface area contributed by atoms with Gasteiger partial charge in [-0.05, 0) is 38.5 Å². The largest absolute Gasteiger partial charge is 0.461 e. The normalized spacial score (nSPS) is 14.0. The van der Waals surface area contributed by atoms with Crippen LogP contribution in [0.2, 0.25) is 0 Å². The van der Waals surface area contributed by atoms with Crippen LogP contribution < -0.4 is 5.73 Å². The van der Waals surface area contributed by atoms with Crippen molar-refractivity contribution < 1.29 is 22.5 Å². The lowest BCUT2D eigenvalue weighted by Crippen LogP contribution is -2.39. The van der Waals surface area contributed by atoms with Gasteiger partial charge in [0.15, 0.2) is 0 Å². The molecule has 35 heavy (non-hydrogen) atoms. The average molecular weight is 522 g/mol. The van der Waals surface area contributed by atoms with Crippen LogP contribution in [0.15, 0.2) is 0 Å². The van der Waals surface area contributed by atoms with Crippen molar-refractivity contribution in [2.45, 2.75) is 162 Å². The van der Waals surface area contributed by atoms with E-state index in [2.05, 4.69) is 20.8 Å².